The van der Waals surface area contributed by atoms with Crippen molar-refractivity contribution in [3.63, 3.8) is 0 Å². The maximum absolute atomic E-state index is 12.6. The third kappa shape index (κ3) is 2.86. The molecule has 6 heteroatoms. The molecule has 2 aromatic heterocycles. The summed E-state index contributed by atoms with van der Waals surface area (Å²) in [7, 11) is 0. The molecule has 1 N–H and O–H groups in total. The zero-order chi connectivity index (χ0) is 15.6. The molecule has 0 radical (unpaired) electrons. The van der Waals surface area contributed by atoms with E-state index in [0.717, 1.165) is 63.2 Å². The van der Waals surface area contributed by atoms with Gasteiger partial charge in [-0.3, -0.25) is 19.8 Å². The lowest BCUT2D eigenvalue weighted by Crippen LogP contribution is -2.32. The van der Waals surface area contributed by atoms with Crippen molar-refractivity contribution in [1.82, 2.24) is 25.0 Å². The van der Waals surface area contributed by atoms with Crippen molar-refractivity contribution in [2.45, 2.75) is 32.4 Å². The number of nitrogens with one attached hydrogen (secondary N) is 1. The van der Waals surface area contributed by atoms with Gasteiger partial charge < -0.3 is 4.90 Å². The average Bonchev–Trinajstić information content (AvgIpc) is 3.25. The molecule has 6 nitrogen and oxygen atoms in total. The molecule has 4 rings (SSSR count). The lowest BCUT2D eigenvalue weighted by Gasteiger charge is -2.26. The van der Waals surface area contributed by atoms with Gasteiger partial charge in [-0.05, 0) is 37.0 Å². The summed E-state index contributed by atoms with van der Waals surface area (Å²) in [6, 6.07) is 4.09. The van der Waals surface area contributed by atoms with Crippen molar-refractivity contribution in [3.8, 4) is 0 Å². The van der Waals surface area contributed by atoms with Crippen molar-refractivity contribution < 1.29 is 4.79 Å². The van der Waals surface area contributed by atoms with Crippen LogP contribution < -0.4 is 0 Å². The van der Waals surface area contributed by atoms with Gasteiger partial charge in [-0.1, -0.05) is 0 Å². The molecule has 0 aromatic carbocycles. The third-order valence-electron chi connectivity index (χ3n) is 4.76. The van der Waals surface area contributed by atoms with E-state index in [0.29, 0.717) is 5.69 Å². The normalized spacial score (nSPS) is 18.2. The second-order valence-corrected chi connectivity index (χ2v) is 6.34. The Morgan fingerprint density at radius 3 is 2.74 bits per heavy atom. The highest BCUT2D eigenvalue weighted by Gasteiger charge is 2.28. The van der Waals surface area contributed by atoms with Crippen LogP contribution >= 0.6 is 0 Å². The van der Waals surface area contributed by atoms with Gasteiger partial charge in [0.1, 0.15) is 0 Å². The van der Waals surface area contributed by atoms with Crippen LogP contribution in [0.4, 0.5) is 0 Å². The van der Waals surface area contributed by atoms with E-state index in [-0.39, 0.29) is 5.91 Å². The number of hydrogen-bond donors (Lipinski definition) is 1. The largest absolute Gasteiger partial charge is 0.337 e. The topological polar surface area (TPSA) is 65.1 Å². The van der Waals surface area contributed by atoms with Crippen LogP contribution in [0.25, 0.3) is 0 Å². The number of nitrogens with zero attached hydrogens (tertiary/aromatic N) is 4. The molecule has 1 saturated heterocycles. The van der Waals surface area contributed by atoms with Crippen LogP contribution in [0.1, 0.15) is 40.2 Å². The lowest BCUT2D eigenvalue weighted by atomic mass is 10.0. The van der Waals surface area contributed by atoms with E-state index in [4.69, 9.17) is 0 Å². The predicted octanol–water partition coefficient (Wildman–Crippen LogP) is 1.60. The number of fused-ring (bicyclic) bond motifs is 1. The number of amides is 1. The van der Waals surface area contributed by atoms with Gasteiger partial charge in [0.25, 0.3) is 5.91 Å². The lowest BCUT2D eigenvalue weighted by molar-refractivity contribution is 0.0785. The minimum absolute atomic E-state index is 0.0996. The van der Waals surface area contributed by atoms with Gasteiger partial charge in [-0.25, -0.2) is 0 Å². The van der Waals surface area contributed by atoms with E-state index in [2.05, 4.69) is 20.1 Å². The van der Waals surface area contributed by atoms with Crippen LogP contribution in [0.5, 0.6) is 0 Å². The summed E-state index contributed by atoms with van der Waals surface area (Å²) >= 11 is 0. The van der Waals surface area contributed by atoms with Crippen molar-refractivity contribution >= 4 is 5.91 Å². The fourth-order valence-corrected chi connectivity index (χ4v) is 3.50. The standard InChI is InChI=1S/C17H21N5O/c23-17(22-8-1-2-9-22)16-14-5-10-21(12-15(14)19-20-16)11-13-3-6-18-7-4-13/h3-4,6-7H,1-2,5,8-12H2,(H,19,20). The predicted molar refractivity (Wildman–Crippen MR) is 85.8 cm³/mol. The fourth-order valence-electron chi connectivity index (χ4n) is 3.50. The highest BCUT2D eigenvalue weighted by molar-refractivity contribution is 5.94. The summed E-state index contributed by atoms with van der Waals surface area (Å²) in [5.74, 6) is 0.0996. The first-order chi connectivity index (χ1) is 11.3. The summed E-state index contributed by atoms with van der Waals surface area (Å²) < 4.78 is 0. The molecule has 0 atom stereocenters. The number of aromatic nitrogens is 3. The van der Waals surface area contributed by atoms with Crippen LogP contribution in [0.15, 0.2) is 24.5 Å². The summed E-state index contributed by atoms with van der Waals surface area (Å²) in [6.07, 6.45) is 6.75. The Morgan fingerprint density at radius 2 is 1.96 bits per heavy atom. The number of carbonyl (C=O) groups excluding carboxylic acids is 1. The SMILES string of the molecule is O=C(c1n[nH]c2c1CCN(Cc1ccncc1)C2)N1CCCC1. The summed E-state index contributed by atoms with van der Waals surface area (Å²) in [5.41, 5.74) is 4.11. The quantitative estimate of drug-likeness (QED) is 0.935. The number of H-pyrrole nitrogens is 1. The van der Waals surface area contributed by atoms with E-state index in [9.17, 15) is 4.79 Å². The van der Waals surface area contributed by atoms with Crippen molar-refractivity contribution in [1.29, 1.82) is 0 Å². The van der Waals surface area contributed by atoms with Crippen molar-refractivity contribution in [3.05, 3.63) is 47.0 Å². The Kier molecular flexibility index (Phi) is 3.83. The molecule has 0 spiro atoms. The number of hydrogen-bond acceptors (Lipinski definition) is 4. The van der Waals surface area contributed by atoms with Gasteiger partial charge in [-0.15, -0.1) is 0 Å². The molecular formula is C17H21N5O. The molecule has 23 heavy (non-hydrogen) atoms. The minimum Gasteiger partial charge on any atom is -0.337 e. The van der Waals surface area contributed by atoms with E-state index in [1.54, 1.807) is 0 Å². The Labute approximate surface area is 135 Å². The molecule has 0 saturated carbocycles. The molecule has 120 valence electrons. The van der Waals surface area contributed by atoms with E-state index < -0.39 is 0 Å². The average molecular weight is 311 g/mol. The van der Waals surface area contributed by atoms with Crippen LogP contribution in [0, 0.1) is 0 Å². The number of carbonyl (C=O) groups is 1. The number of pyridine rings is 1. The zero-order valence-electron chi connectivity index (χ0n) is 13.2. The Morgan fingerprint density at radius 1 is 1.17 bits per heavy atom. The van der Waals surface area contributed by atoms with E-state index >= 15 is 0 Å². The summed E-state index contributed by atoms with van der Waals surface area (Å²) in [4.78, 5) is 20.9. The van der Waals surface area contributed by atoms with Crippen LogP contribution in [0.3, 0.4) is 0 Å². The maximum Gasteiger partial charge on any atom is 0.274 e. The van der Waals surface area contributed by atoms with Gasteiger partial charge in [0.05, 0.1) is 5.69 Å². The highest BCUT2D eigenvalue weighted by atomic mass is 16.2. The molecular weight excluding hydrogens is 290 g/mol. The zero-order valence-corrected chi connectivity index (χ0v) is 13.2. The van der Waals surface area contributed by atoms with Crippen LogP contribution in [-0.4, -0.2) is 50.5 Å². The molecule has 1 amide bonds. The Bertz CT molecular complexity index is 690. The minimum atomic E-state index is 0.0996. The van der Waals surface area contributed by atoms with Crippen LogP contribution in [-0.2, 0) is 19.5 Å². The van der Waals surface area contributed by atoms with Gasteiger partial charge in [0, 0.05) is 50.7 Å². The molecule has 0 aliphatic carbocycles. The molecule has 0 unspecified atom stereocenters. The molecule has 2 aliphatic rings. The second-order valence-electron chi connectivity index (χ2n) is 6.34. The molecule has 2 aliphatic heterocycles. The van der Waals surface area contributed by atoms with Crippen molar-refractivity contribution in [2.24, 2.45) is 0 Å². The first kappa shape index (κ1) is 14.4. The van der Waals surface area contributed by atoms with Crippen LogP contribution in [0.2, 0.25) is 0 Å². The first-order valence-electron chi connectivity index (χ1n) is 8.28. The maximum atomic E-state index is 12.6. The summed E-state index contributed by atoms with van der Waals surface area (Å²) in [5, 5.41) is 7.43. The van der Waals surface area contributed by atoms with Gasteiger partial charge in [0.2, 0.25) is 0 Å². The smallest absolute Gasteiger partial charge is 0.274 e. The molecule has 0 bridgehead atoms. The Balaban J connectivity index is 1.47. The summed E-state index contributed by atoms with van der Waals surface area (Å²) in [6.45, 7) is 4.41. The van der Waals surface area contributed by atoms with Gasteiger partial charge >= 0.3 is 0 Å². The molecule has 4 heterocycles. The van der Waals surface area contributed by atoms with E-state index in [1.807, 2.05) is 29.4 Å². The number of aromatic amines is 1. The van der Waals surface area contributed by atoms with Crippen molar-refractivity contribution in [2.75, 3.05) is 19.6 Å². The number of likely N-dealkylation sites (tertiary alicyclic amines) is 1. The highest BCUT2D eigenvalue weighted by Crippen LogP contribution is 2.23. The van der Waals surface area contributed by atoms with Gasteiger partial charge in [0.15, 0.2) is 5.69 Å². The molecule has 2 aromatic rings. The fraction of sp³-hybridized carbons (Fsp3) is 0.471. The second kappa shape index (κ2) is 6.12. The van der Waals surface area contributed by atoms with Gasteiger partial charge in [-0.2, -0.15) is 5.10 Å². The first-order valence-corrected chi connectivity index (χ1v) is 8.28. The van der Waals surface area contributed by atoms with E-state index in [1.165, 1.54) is 5.56 Å². The molecule has 1 fully saturated rings. The Hall–Kier alpha value is -2.21. The third-order valence-corrected chi connectivity index (χ3v) is 4.76. The monoisotopic (exact) mass is 311 g/mol. The number of rotatable bonds is 3.